The van der Waals surface area contributed by atoms with Crippen molar-refractivity contribution in [3.05, 3.63) is 29.3 Å². The van der Waals surface area contributed by atoms with Crippen LogP contribution in [0.3, 0.4) is 0 Å². The third-order valence-electron chi connectivity index (χ3n) is 2.33. The normalized spacial score (nSPS) is 11.8. The van der Waals surface area contributed by atoms with Gasteiger partial charge in [-0.3, -0.25) is 0 Å². The number of nitrogen functional groups attached to an aromatic ring is 1. The highest BCUT2D eigenvalue weighted by Crippen LogP contribution is 2.34. The van der Waals surface area contributed by atoms with Crippen molar-refractivity contribution in [3.63, 3.8) is 0 Å². The second kappa shape index (κ2) is 6.89. The summed E-state index contributed by atoms with van der Waals surface area (Å²) in [4.78, 5) is 0. The number of hydrogen-bond acceptors (Lipinski definition) is 3. The maximum atomic E-state index is 12.8. The number of benzene rings is 1. The molecular weight excluding hydrogens is 263 g/mol. The lowest BCUT2D eigenvalue weighted by Crippen LogP contribution is -2.09. The molecule has 0 saturated heterocycles. The summed E-state index contributed by atoms with van der Waals surface area (Å²) in [5.74, 6) is 1.11. The first-order valence-electron chi connectivity index (χ1n) is 5.47. The van der Waals surface area contributed by atoms with Crippen LogP contribution in [0.5, 0.6) is 0 Å². The first-order chi connectivity index (χ1) is 8.45. The van der Waals surface area contributed by atoms with Crippen LogP contribution < -0.4 is 5.73 Å². The van der Waals surface area contributed by atoms with Gasteiger partial charge in [-0.2, -0.15) is 24.9 Å². The van der Waals surface area contributed by atoms with Gasteiger partial charge in [-0.05, 0) is 29.9 Å². The summed E-state index contributed by atoms with van der Waals surface area (Å²) in [7, 11) is 1.60. The van der Waals surface area contributed by atoms with E-state index in [4.69, 9.17) is 10.5 Å². The standard InChI is InChI=1S/C12H16F3NOS/c1-17-5-2-6-18-8-9-3-4-10(16)7-11(9)12(13,14)15/h3-4,7H,2,5-6,8,16H2,1H3. The molecule has 0 saturated carbocycles. The number of methoxy groups -OCH3 is 1. The van der Waals surface area contributed by atoms with E-state index in [0.717, 1.165) is 18.2 Å². The van der Waals surface area contributed by atoms with Crippen LogP contribution >= 0.6 is 11.8 Å². The average molecular weight is 279 g/mol. The van der Waals surface area contributed by atoms with Crippen molar-refractivity contribution in [2.24, 2.45) is 0 Å². The Labute approximate surface area is 109 Å². The molecular formula is C12H16F3NOS. The molecule has 102 valence electrons. The number of rotatable bonds is 6. The van der Waals surface area contributed by atoms with Gasteiger partial charge in [-0.25, -0.2) is 0 Å². The summed E-state index contributed by atoms with van der Waals surface area (Å²) in [6.45, 7) is 0.626. The van der Waals surface area contributed by atoms with E-state index in [1.54, 1.807) is 7.11 Å². The van der Waals surface area contributed by atoms with Crippen LogP contribution in [-0.4, -0.2) is 19.5 Å². The molecule has 0 atom stereocenters. The van der Waals surface area contributed by atoms with Crippen LogP contribution in [0.25, 0.3) is 0 Å². The molecule has 0 aliphatic carbocycles. The fourth-order valence-corrected chi connectivity index (χ4v) is 2.41. The number of alkyl halides is 3. The van der Waals surface area contributed by atoms with E-state index in [9.17, 15) is 13.2 Å². The first kappa shape index (κ1) is 15.2. The minimum atomic E-state index is -4.35. The maximum absolute atomic E-state index is 12.8. The molecule has 1 aromatic rings. The molecule has 18 heavy (non-hydrogen) atoms. The highest BCUT2D eigenvalue weighted by Gasteiger charge is 2.33. The van der Waals surface area contributed by atoms with Gasteiger partial charge in [-0.15, -0.1) is 0 Å². The smallest absolute Gasteiger partial charge is 0.399 e. The molecule has 0 spiro atoms. The topological polar surface area (TPSA) is 35.2 Å². The molecule has 0 fully saturated rings. The van der Waals surface area contributed by atoms with Crippen molar-refractivity contribution in [2.45, 2.75) is 18.3 Å². The number of hydrogen-bond donors (Lipinski definition) is 1. The fourth-order valence-electron chi connectivity index (χ4n) is 1.47. The van der Waals surface area contributed by atoms with Crippen molar-refractivity contribution >= 4 is 17.4 Å². The van der Waals surface area contributed by atoms with E-state index in [1.807, 2.05) is 0 Å². The second-order valence-electron chi connectivity index (χ2n) is 3.81. The number of nitrogens with two attached hydrogens (primary N) is 1. The maximum Gasteiger partial charge on any atom is 0.416 e. The Morgan fingerprint density at radius 2 is 2.06 bits per heavy atom. The number of anilines is 1. The van der Waals surface area contributed by atoms with E-state index in [2.05, 4.69) is 0 Å². The van der Waals surface area contributed by atoms with Gasteiger partial charge in [0, 0.05) is 25.2 Å². The molecule has 0 amide bonds. The summed E-state index contributed by atoms with van der Waals surface area (Å²) < 4.78 is 43.2. The zero-order chi connectivity index (χ0) is 13.6. The quantitative estimate of drug-likeness (QED) is 0.639. The van der Waals surface area contributed by atoms with E-state index < -0.39 is 11.7 Å². The van der Waals surface area contributed by atoms with Crippen LogP contribution in [0, 0.1) is 0 Å². The number of ether oxygens (including phenoxy) is 1. The molecule has 0 aromatic heterocycles. The van der Waals surface area contributed by atoms with E-state index in [0.29, 0.717) is 12.4 Å². The Bertz CT molecular complexity index is 382. The van der Waals surface area contributed by atoms with Gasteiger partial charge in [0.05, 0.1) is 5.56 Å². The predicted octanol–water partition coefficient (Wildman–Crippen LogP) is 3.56. The van der Waals surface area contributed by atoms with Crippen molar-refractivity contribution in [3.8, 4) is 0 Å². The van der Waals surface area contributed by atoms with Gasteiger partial charge >= 0.3 is 6.18 Å². The van der Waals surface area contributed by atoms with Gasteiger partial charge in [0.1, 0.15) is 0 Å². The van der Waals surface area contributed by atoms with Gasteiger partial charge in [0.2, 0.25) is 0 Å². The molecule has 6 heteroatoms. The lowest BCUT2D eigenvalue weighted by atomic mass is 10.1. The van der Waals surface area contributed by atoms with Gasteiger partial charge in [0.15, 0.2) is 0 Å². The van der Waals surface area contributed by atoms with Crippen molar-refractivity contribution in [1.82, 2.24) is 0 Å². The summed E-state index contributed by atoms with van der Waals surface area (Å²) in [5, 5.41) is 0. The molecule has 0 aliphatic heterocycles. The molecule has 2 nitrogen and oxygen atoms in total. The molecule has 0 radical (unpaired) electrons. The molecule has 2 N–H and O–H groups in total. The van der Waals surface area contributed by atoms with Crippen LogP contribution in [0.15, 0.2) is 18.2 Å². The van der Waals surface area contributed by atoms with Crippen molar-refractivity contribution < 1.29 is 17.9 Å². The van der Waals surface area contributed by atoms with Gasteiger partial charge < -0.3 is 10.5 Å². The van der Waals surface area contributed by atoms with Crippen LogP contribution in [0.4, 0.5) is 18.9 Å². The summed E-state index contributed by atoms with van der Waals surface area (Å²) >= 11 is 1.46. The Morgan fingerprint density at radius 1 is 1.33 bits per heavy atom. The lowest BCUT2D eigenvalue weighted by Gasteiger charge is -2.13. The third-order valence-corrected chi connectivity index (χ3v) is 3.43. The second-order valence-corrected chi connectivity index (χ2v) is 4.92. The van der Waals surface area contributed by atoms with Crippen LogP contribution in [-0.2, 0) is 16.7 Å². The van der Waals surface area contributed by atoms with Crippen molar-refractivity contribution in [1.29, 1.82) is 0 Å². The molecule has 0 heterocycles. The predicted molar refractivity (Wildman–Crippen MR) is 68.5 cm³/mol. The van der Waals surface area contributed by atoms with Crippen LogP contribution in [0.1, 0.15) is 17.5 Å². The van der Waals surface area contributed by atoms with Gasteiger partial charge in [0.25, 0.3) is 0 Å². The van der Waals surface area contributed by atoms with E-state index >= 15 is 0 Å². The van der Waals surface area contributed by atoms with E-state index in [-0.39, 0.29) is 11.3 Å². The third kappa shape index (κ3) is 4.78. The molecule has 0 unspecified atom stereocenters. The minimum Gasteiger partial charge on any atom is -0.399 e. The molecule has 0 aliphatic rings. The molecule has 1 aromatic carbocycles. The number of thioether (sulfide) groups is 1. The SMILES string of the molecule is COCCCSCc1ccc(N)cc1C(F)(F)F. The zero-order valence-electron chi connectivity index (χ0n) is 10.1. The largest absolute Gasteiger partial charge is 0.416 e. The Kier molecular flexibility index (Phi) is 5.81. The Hall–Kier alpha value is -0.880. The van der Waals surface area contributed by atoms with Crippen molar-refractivity contribution in [2.75, 3.05) is 25.2 Å². The minimum absolute atomic E-state index is 0.135. The summed E-state index contributed by atoms with van der Waals surface area (Å²) in [6, 6.07) is 3.94. The zero-order valence-corrected chi connectivity index (χ0v) is 10.9. The highest BCUT2D eigenvalue weighted by atomic mass is 32.2. The fraction of sp³-hybridized carbons (Fsp3) is 0.500. The average Bonchev–Trinajstić information content (AvgIpc) is 2.29. The van der Waals surface area contributed by atoms with E-state index in [1.165, 1.54) is 23.9 Å². The number of halogens is 3. The van der Waals surface area contributed by atoms with Crippen LogP contribution in [0.2, 0.25) is 0 Å². The Morgan fingerprint density at radius 3 is 2.67 bits per heavy atom. The first-order valence-corrected chi connectivity index (χ1v) is 6.63. The summed E-state index contributed by atoms with van der Waals surface area (Å²) in [5.41, 5.74) is 5.17. The molecule has 1 rings (SSSR count). The molecule has 0 bridgehead atoms. The highest BCUT2D eigenvalue weighted by molar-refractivity contribution is 7.98. The monoisotopic (exact) mass is 279 g/mol. The summed E-state index contributed by atoms with van der Waals surface area (Å²) in [6.07, 6.45) is -3.52. The Balaban J connectivity index is 2.65. The van der Waals surface area contributed by atoms with Gasteiger partial charge in [-0.1, -0.05) is 6.07 Å². The lowest BCUT2D eigenvalue weighted by molar-refractivity contribution is -0.138.